The Morgan fingerprint density at radius 2 is 1.88 bits per heavy atom. The van der Waals surface area contributed by atoms with Crippen molar-refractivity contribution in [1.82, 2.24) is 10.4 Å². The first kappa shape index (κ1) is 15.7. The Morgan fingerprint density at radius 3 is 2.67 bits per heavy atom. The Bertz CT molecular complexity index is 876. The fraction of sp³-hybridized carbons (Fsp3) is 0.105. The monoisotopic (exact) mass is 319 g/mol. The number of nitrogens with zero attached hydrogens (tertiary/aromatic N) is 2. The molecule has 0 radical (unpaired) electrons. The van der Waals surface area contributed by atoms with E-state index in [0.717, 1.165) is 10.8 Å². The molecule has 0 atom stereocenters. The Kier molecular flexibility index (Phi) is 4.81. The van der Waals surface area contributed by atoms with Gasteiger partial charge in [0.15, 0.2) is 6.61 Å². The van der Waals surface area contributed by atoms with Gasteiger partial charge < -0.3 is 4.74 Å². The molecule has 1 heterocycles. The SMILES string of the molecule is CC(=NNC(=O)COc1ccc2ccccc2c1)c1ccccn1. The van der Waals surface area contributed by atoms with E-state index in [4.69, 9.17) is 4.74 Å². The lowest BCUT2D eigenvalue weighted by molar-refractivity contribution is -0.123. The molecule has 0 unspecified atom stereocenters. The smallest absolute Gasteiger partial charge is 0.277 e. The molecular weight excluding hydrogens is 302 g/mol. The minimum atomic E-state index is -0.321. The summed E-state index contributed by atoms with van der Waals surface area (Å²) >= 11 is 0. The summed E-state index contributed by atoms with van der Waals surface area (Å²) in [5, 5.41) is 6.23. The standard InChI is InChI=1S/C19H17N3O2/c1-14(18-8-4-5-11-20-18)21-22-19(23)13-24-17-10-9-15-6-2-3-7-16(15)12-17/h2-12H,13H2,1H3,(H,22,23). The lowest BCUT2D eigenvalue weighted by Gasteiger charge is -2.07. The minimum absolute atomic E-state index is 0.0999. The fourth-order valence-corrected chi connectivity index (χ4v) is 2.22. The number of amides is 1. The molecule has 3 rings (SSSR count). The zero-order valence-corrected chi connectivity index (χ0v) is 13.3. The summed E-state index contributed by atoms with van der Waals surface area (Å²) in [7, 11) is 0. The van der Waals surface area contributed by atoms with Crippen LogP contribution in [0.25, 0.3) is 10.8 Å². The number of hydrogen-bond donors (Lipinski definition) is 1. The van der Waals surface area contributed by atoms with Crippen LogP contribution in [0.1, 0.15) is 12.6 Å². The molecular formula is C19H17N3O2. The van der Waals surface area contributed by atoms with Crippen LogP contribution >= 0.6 is 0 Å². The van der Waals surface area contributed by atoms with Crippen LogP contribution in [0.15, 0.2) is 72.0 Å². The van der Waals surface area contributed by atoms with Gasteiger partial charge in [-0.15, -0.1) is 0 Å². The summed E-state index contributed by atoms with van der Waals surface area (Å²) in [6.07, 6.45) is 1.68. The van der Waals surface area contributed by atoms with E-state index in [2.05, 4.69) is 15.5 Å². The molecule has 0 spiro atoms. The van der Waals surface area contributed by atoms with Crippen molar-refractivity contribution in [3.63, 3.8) is 0 Å². The Balaban J connectivity index is 1.57. The molecule has 120 valence electrons. The Labute approximate surface area is 140 Å². The maximum absolute atomic E-state index is 11.9. The van der Waals surface area contributed by atoms with Crippen molar-refractivity contribution in [3.05, 3.63) is 72.6 Å². The third-order valence-corrected chi connectivity index (χ3v) is 3.47. The van der Waals surface area contributed by atoms with Crippen molar-refractivity contribution in [2.24, 2.45) is 5.10 Å². The third-order valence-electron chi connectivity index (χ3n) is 3.47. The number of carbonyl (C=O) groups is 1. The minimum Gasteiger partial charge on any atom is -0.484 e. The van der Waals surface area contributed by atoms with Gasteiger partial charge in [0.2, 0.25) is 0 Å². The van der Waals surface area contributed by atoms with Crippen molar-refractivity contribution in [2.75, 3.05) is 6.61 Å². The zero-order valence-electron chi connectivity index (χ0n) is 13.3. The van der Waals surface area contributed by atoms with Crippen molar-refractivity contribution in [3.8, 4) is 5.75 Å². The average molecular weight is 319 g/mol. The molecule has 2 aromatic carbocycles. The number of ether oxygens (including phenoxy) is 1. The molecule has 0 fully saturated rings. The molecule has 24 heavy (non-hydrogen) atoms. The zero-order chi connectivity index (χ0) is 16.8. The first-order chi connectivity index (χ1) is 11.7. The number of hydrazone groups is 1. The van der Waals surface area contributed by atoms with Crippen LogP contribution in [0.3, 0.4) is 0 Å². The summed E-state index contributed by atoms with van der Waals surface area (Å²) in [5.74, 6) is 0.327. The second kappa shape index (κ2) is 7.37. The summed E-state index contributed by atoms with van der Waals surface area (Å²) in [6, 6.07) is 19.2. The molecule has 0 aliphatic heterocycles. The van der Waals surface area contributed by atoms with Gasteiger partial charge in [0.25, 0.3) is 5.91 Å². The van der Waals surface area contributed by atoms with Crippen LogP contribution in [0.5, 0.6) is 5.75 Å². The number of nitrogens with one attached hydrogen (secondary N) is 1. The Hall–Kier alpha value is -3.21. The van der Waals surface area contributed by atoms with Crippen molar-refractivity contribution in [1.29, 1.82) is 0 Å². The maximum Gasteiger partial charge on any atom is 0.277 e. The predicted octanol–water partition coefficient (Wildman–Crippen LogP) is 3.15. The molecule has 5 heteroatoms. The Morgan fingerprint density at radius 1 is 1.08 bits per heavy atom. The van der Waals surface area contributed by atoms with E-state index in [1.54, 1.807) is 13.1 Å². The van der Waals surface area contributed by atoms with E-state index in [1.807, 2.05) is 60.7 Å². The van der Waals surface area contributed by atoms with Crippen LogP contribution in [0.2, 0.25) is 0 Å². The number of fused-ring (bicyclic) bond motifs is 1. The molecule has 1 amide bonds. The lowest BCUT2D eigenvalue weighted by atomic mass is 10.1. The molecule has 0 aliphatic carbocycles. The highest BCUT2D eigenvalue weighted by Crippen LogP contribution is 2.20. The highest BCUT2D eigenvalue weighted by Gasteiger charge is 2.04. The number of pyridine rings is 1. The molecule has 3 aromatic rings. The number of aromatic nitrogens is 1. The van der Waals surface area contributed by atoms with Gasteiger partial charge in [0.1, 0.15) is 5.75 Å². The fourth-order valence-electron chi connectivity index (χ4n) is 2.22. The second-order valence-corrected chi connectivity index (χ2v) is 5.24. The van der Waals surface area contributed by atoms with Crippen LogP contribution in [0, 0.1) is 0 Å². The van der Waals surface area contributed by atoms with Gasteiger partial charge in [0, 0.05) is 6.20 Å². The first-order valence-corrected chi connectivity index (χ1v) is 7.58. The number of hydrogen-bond acceptors (Lipinski definition) is 4. The number of carbonyl (C=O) groups excluding carboxylic acids is 1. The van der Waals surface area contributed by atoms with Gasteiger partial charge in [0.05, 0.1) is 11.4 Å². The van der Waals surface area contributed by atoms with E-state index >= 15 is 0 Å². The van der Waals surface area contributed by atoms with Gasteiger partial charge in [-0.3, -0.25) is 9.78 Å². The van der Waals surface area contributed by atoms with Crippen LogP contribution < -0.4 is 10.2 Å². The van der Waals surface area contributed by atoms with Gasteiger partial charge >= 0.3 is 0 Å². The third kappa shape index (κ3) is 3.95. The summed E-state index contributed by atoms with van der Waals surface area (Å²) in [5.41, 5.74) is 3.82. The number of rotatable bonds is 5. The van der Waals surface area contributed by atoms with Gasteiger partial charge in [-0.05, 0) is 42.0 Å². The predicted molar refractivity (Wildman–Crippen MR) is 94.0 cm³/mol. The molecule has 5 nitrogen and oxygen atoms in total. The average Bonchev–Trinajstić information content (AvgIpc) is 2.65. The van der Waals surface area contributed by atoms with Crippen molar-refractivity contribution < 1.29 is 9.53 Å². The molecule has 0 saturated carbocycles. The lowest BCUT2D eigenvalue weighted by Crippen LogP contribution is -2.25. The summed E-state index contributed by atoms with van der Waals surface area (Å²) in [4.78, 5) is 16.0. The van der Waals surface area contributed by atoms with E-state index in [1.165, 1.54) is 0 Å². The molecule has 1 N–H and O–H groups in total. The van der Waals surface area contributed by atoms with Gasteiger partial charge in [-0.25, -0.2) is 5.43 Å². The van der Waals surface area contributed by atoms with E-state index in [0.29, 0.717) is 17.2 Å². The van der Waals surface area contributed by atoms with Crippen molar-refractivity contribution in [2.45, 2.75) is 6.92 Å². The summed E-state index contributed by atoms with van der Waals surface area (Å²) in [6.45, 7) is 1.68. The largest absolute Gasteiger partial charge is 0.484 e. The van der Waals surface area contributed by atoms with E-state index < -0.39 is 0 Å². The highest BCUT2D eigenvalue weighted by molar-refractivity contribution is 5.97. The van der Waals surface area contributed by atoms with Crippen molar-refractivity contribution >= 4 is 22.4 Å². The number of benzene rings is 2. The quantitative estimate of drug-likeness (QED) is 0.580. The molecule has 1 aromatic heterocycles. The van der Waals surface area contributed by atoms with Crippen LogP contribution in [-0.4, -0.2) is 23.2 Å². The normalized spacial score (nSPS) is 11.3. The second-order valence-electron chi connectivity index (χ2n) is 5.24. The highest BCUT2D eigenvalue weighted by atomic mass is 16.5. The van der Waals surface area contributed by atoms with E-state index in [-0.39, 0.29) is 12.5 Å². The molecule has 0 aliphatic rings. The maximum atomic E-state index is 11.9. The topological polar surface area (TPSA) is 63.6 Å². The van der Waals surface area contributed by atoms with Gasteiger partial charge in [-0.1, -0.05) is 36.4 Å². The van der Waals surface area contributed by atoms with Gasteiger partial charge in [-0.2, -0.15) is 5.10 Å². The molecule has 0 bridgehead atoms. The van der Waals surface area contributed by atoms with Crippen LogP contribution in [0.4, 0.5) is 0 Å². The van der Waals surface area contributed by atoms with E-state index in [9.17, 15) is 4.79 Å². The molecule has 0 saturated heterocycles. The summed E-state index contributed by atoms with van der Waals surface area (Å²) < 4.78 is 5.52. The first-order valence-electron chi connectivity index (χ1n) is 7.58. The van der Waals surface area contributed by atoms with Crippen LogP contribution in [-0.2, 0) is 4.79 Å².